The van der Waals surface area contributed by atoms with Gasteiger partial charge in [0.1, 0.15) is 17.7 Å². The topological polar surface area (TPSA) is 51.8 Å². The molecular weight excluding hydrogens is 448 g/mol. The summed E-state index contributed by atoms with van der Waals surface area (Å²) in [4.78, 5) is 18.8. The van der Waals surface area contributed by atoms with Crippen molar-refractivity contribution in [1.82, 2.24) is 9.29 Å². The molecule has 2 aliphatic heterocycles. The highest BCUT2D eigenvalue weighted by Crippen LogP contribution is 2.35. The van der Waals surface area contributed by atoms with Gasteiger partial charge in [0.15, 0.2) is 0 Å². The quantitative estimate of drug-likeness (QED) is 0.543. The summed E-state index contributed by atoms with van der Waals surface area (Å²) in [5.74, 6) is -0.245. The lowest BCUT2D eigenvalue weighted by Crippen LogP contribution is -2.58. The van der Waals surface area contributed by atoms with Crippen LogP contribution in [0.5, 0.6) is 0 Å². The minimum absolute atomic E-state index is 0.0146. The zero-order valence-electron chi connectivity index (χ0n) is 17.4. The number of alkyl halides is 3. The van der Waals surface area contributed by atoms with Gasteiger partial charge in [0.2, 0.25) is 0 Å². The lowest BCUT2D eigenvalue weighted by Gasteiger charge is -2.42. The number of piperazine rings is 1. The smallest absolute Gasteiger partial charge is 0.377 e. The fourth-order valence-electron chi connectivity index (χ4n) is 4.00. The van der Waals surface area contributed by atoms with Crippen molar-refractivity contribution in [3.05, 3.63) is 52.6 Å². The van der Waals surface area contributed by atoms with Crippen molar-refractivity contribution in [2.45, 2.75) is 30.1 Å². The second kappa shape index (κ2) is 9.32. The lowest BCUT2D eigenvalue weighted by atomic mass is 10.1. The molecule has 2 aliphatic rings. The van der Waals surface area contributed by atoms with Crippen molar-refractivity contribution >= 4 is 23.5 Å². The number of hydrogen-bond acceptors (Lipinski definition) is 6. The summed E-state index contributed by atoms with van der Waals surface area (Å²) in [5.41, 5.74) is 0.142. The second-order valence-corrected chi connectivity index (χ2v) is 9.06. The number of nitrogens with zero attached hydrogens (tertiary/aromatic N) is 3. The lowest BCUT2D eigenvalue weighted by molar-refractivity contribution is -0.153. The molecule has 1 aromatic carbocycles. The van der Waals surface area contributed by atoms with Crippen molar-refractivity contribution in [3.63, 3.8) is 0 Å². The van der Waals surface area contributed by atoms with E-state index in [1.165, 1.54) is 35.0 Å². The molecule has 32 heavy (non-hydrogen) atoms. The summed E-state index contributed by atoms with van der Waals surface area (Å²) in [6.07, 6.45) is -4.50. The molecule has 0 spiro atoms. The molecule has 0 bridgehead atoms. The molecule has 2 unspecified atom stereocenters. The number of rotatable bonds is 4. The Labute approximate surface area is 187 Å². The number of aromatic nitrogens is 1. The number of nitrogens with one attached hydrogen (secondary N) is 1. The molecule has 3 heterocycles. The van der Waals surface area contributed by atoms with Gasteiger partial charge in [-0.2, -0.15) is 13.2 Å². The Hall–Kier alpha value is -2.24. The minimum Gasteiger partial charge on any atom is -0.377 e. The number of hydrogen-bond donors (Lipinski definition) is 1. The van der Waals surface area contributed by atoms with E-state index < -0.39 is 23.6 Å². The largest absolute Gasteiger partial charge is 0.410 e. The highest BCUT2D eigenvalue weighted by Gasteiger charge is 2.47. The Morgan fingerprint density at radius 3 is 2.53 bits per heavy atom. The van der Waals surface area contributed by atoms with E-state index in [1.54, 1.807) is 22.5 Å². The van der Waals surface area contributed by atoms with Crippen LogP contribution in [0.1, 0.15) is 6.92 Å². The average Bonchev–Trinajstić information content (AvgIpc) is 2.74. The van der Waals surface area contributed by atoms with E-state index in [0.717, 1.165) is 0 Å². The van der Waals surface area contributed by atoms with Gasteiger partial charge in [0.25, 0.3) is 5.56 Å². The molecule has 0 aliphatic carbocycles. The predicted molar refractivity (Wildman–Crippen MR) is 116 cm³/mol. The van der Waals surface area contributed by atoms with Gasteiger partial charge < -0.3 is 19.5 Å². The van der Waals surface area contributed by atoms with Crippen LogP contribution in [-0.2, 0) is 4.74 Å². The van der Waals surface area contributed by atoms with Gasteiger partial charge in [-0.25, -0.2) is 8.70 Å². The number of aromatic amines is 1. The molecule has 4 rings (SSSR count). The SMILES string of the molecule is CC1COCCN1c1cc(N2CCN(Sc3ccc(F)cc3)CC2C(F)(F)F)[nH]c(=O)c1. The number of H-pyrrole nitrogens is 1. The molecule has 2 atom stereocenters. The first-order chi connectivity index (χ1) is 15.2. The summed E-state index contributed by atoms with van der Waals surface area (Å²) in [5, 5.41) is 0. The van der Waals surface area contributed by atoms with Gasteiger partial charge in [-0.3, -0.25) is 4.79 Å². The maximum absolute atomic E-state index is 14.0. The van der Waals surface area contributed by atoms with E-state index >= 15 is 0 Å². The molecule has 0 amide bonds. The third kappa shape index (κ3) is 5.21. The third-order valence-corrected chi connectivity index (χ3v) is 6.67. The highest BCUT2D eigenvalue weighted by atomic mass is 32.2. The molecule has 0 radical (unpaired) electrons. The van der Waals surface area contributed by atoms with Crippen LogP contribution < -0.4 is 15.4 Å². The Kier molecular flexibility index (Phi) is 6.68. The first-order valence-corrected chi connectivity index (χ1v) is 11.1. The molecular formula is C21H24F4N4O2S. The number of morpholine rings is 1. The van der Waals surface area contributed by atoms with Crippen LogP contribution in [0, 0.1) is 5.82 Å². The maximum atomic E-state index is 14.0. The molecule has 2 fully saturated rings. The average molecular weight is 473 g/mol. The zero-order chi connectivity index (χ0) is 22.9. The third-order valence-electron chi connectivity index (χ3n) is 5.59. The van der Waals surface area contributed by atoms with Gasteiger partial charge in [0.05, 0.1) is 13.2 Å². The molecule has 174 valence electrons. The second-order valence-electron chi connectivity index (χ2n) is 7.89. The van der Waals surface area contributed by atoms with Crippen LogP contribution in [0.15, 0.2) is 46.1 Å². The first kappa shape index (κ1) is 22.9. The Morgan fingerprint density at radius 2 is 1.84 bits per heavy atom. The Morgan fingerprint density at radius 1 is 1.09 bits per heavy atom. The normalized spacial score (nSPS) is 22.9. The van der Waals surface area contributed by atoms with Gasteiger partial charge in [-0.15, -0.1) is 0 Å². The van der Waals surface area contributed by atoms with Crippen molar-refractivity contribution < 1.29 is 22.3 Å². The Bertz CT molecular complexity index is 985. The van der Waals surface area contributed by atoms with E-state index in [0.29, 0.717) is 36.9 Å². The fraction of sp³-hybridized carbons (Fsp3) is 0.476. The van der Waals surface area contributed by atoms with E-state index in [9.17, 15) is 22.4 Å². The van der Waals surface area contributed by atoms with Crippen LogP contribution in [-0.4, -0.2) is 66.9 Å². The zero-order valence-corrected chi connectivity index (χ0v) is 18.3. The van der Waals surface area contributed by atoms with E-state index in [4.69, 9.17) is 4.74 Å². The van der Waals surface area contributed by atoms with E-state index in [1.807, 2.05) is 11.8 Å². The van der Waals surface area contributed by atoms with Crippen molar-refractivity contribution in [3.8, 4) is 0 Å². The van der Waals surface area contributed by atoms with Crippen molar-refractivity contribution in [1.29, 1.82) is 0 Å². The number of halogens is 4. The molecule has 6 nitrogen and oxygen atoms in total. The molecule has 11 heteroatoms. The van der Waals surface area contributed by atoms with Gasteiger partial charge in [0, 0.05) is 54.9 Å². The van der Waals surface area contributed by atoms with Crippen molar-refractivity contribution in [2.75, 3.05) is 49.2 Å². The fourth-order valence-corrected chi connectivity index (χ4v) is 4.94. The molecule has 1 aromatic heterocycles. The Balaban J connectivity index is 1.57. The van der Waals surface area contributed by atoms with Crippen molar-refractivity contribution in [2.24, 2.45) is 0 Å². The molecule has 2 aromatic rings. The van der Waals surface area contributed by atoms with Gasteiger partial charge in [-0.05, 0) is 43.1 Å². The van der Waals surface area contributed by atoms with Crippen LogP contribution >= 0.6 is 11.9 Å². The van der Waals surface area contributed by atoms with Crippen LogP contribution in [0.25, 0.3) is 0 Å². The molecule has 0 saturated carbocycles. The first-order valence-electron chi connectivity index (χ1n) is 10.3. The number of ether oxygens (including phenoxy) is 1. The summed E-state index contributed by atoms with van der Waals surface area (Å²) in [6, 6.07) is 6.89. The number of pyridine rings is 1. The summed E-state index contributed by atoms with van der Waals surface area (Å²) < 4.78 is 62.2. The molecule has 2 saturated heterocycles. The van der Waals surface area contributed by atoms with E-state index in [-0.39, 0.29) is 24.9 Å². The number of anilines is 2. The number of benzene rings is 1. The molecule has 1 N–H and O–H groups in total. The summed E-state index contributed by atoms with van der Waals surface area (Å²) in [7, 11) is 0. The maximum Gasteiger partial charge on any atom is 0.410 e. The standard InChI is InChI=1S/C21H24F4N4O2S/c1-14-13-31-9-8-28(14)16-10-19(26-20(30)11-16)29-7-6-27(12-18(29)21(23,24)25)32-17-4-2-15(22)3-5-17/h2-5,10-11,14,18H,6-9,12-13H2,1H3,(H,26,30). The van der Waals surface area contributed by atoms with E-state index in [2.05, 4.69) is 4.98 Å². The predicted octanol–water partition coefficient (Wildman–Crippen LogP) is 3.50. The van der Waals surface area contributed by atoms with Crippen LogP contribution in [0.4, 0.5) is 29.1 Å². The van der Waals surface area contributed by atoms with Gasteiger partial charge in [-0.1, -0.05) is 0 Å². The monoisotopic (exact) mass is 472 g/mol. The van der Waals surface area contributed by atoms with Gasteiger partial charge >= 0.3 is 6.18 Å². The summed E-state index contributed by atoms with van der Waals surface area (Å²) in [6.45, 7) is 3.64. The minimum atomic E-state index is -4.50. The van der Waals surface area contributed by atoms with Crippen LogP contribution in [0.3, 0.4) is 0 Å². The highest BCUT2D eigenvalue weighted by molar-refractivity contribution is 7.97. The summed E-state index contributed by atoms with van der Waals surface area (Å²) >= 11 is 1.17. The van der Waals surface area contributed by atoms with Crippen LogP contribution in [0.2, 0.25) is 0 Å².